The first kappa shape index (κ1) is 14.6. The molecular weight excluding hydrogens is 220 g/mol. The van der Waals surface area contributed by atoms with Crippen molar-refractivity contribution in [2.24, 2.45) is 0 Å². The SMILES string of the molecule is CC(C)=CCC/C(C)=C/COc1ccc(C)cc1. The van der Waals surface area contributed by atoms with Crippen LogP contribution in [0.2, 0.25) is 0 Å². The highest BCUT2D eigenvalue weighted by molar-refractivity contribution is 5.26. The van der Waals surface area contributed by atoms with E-state index in [4.69, 9.17) is 4.74 Å². The summed E-state index contributed by atoms with van der Waals surface area (Å²) in [5, 5.41) is 0. The van der Waals surface area contributed by atoms with Crippen LogP contribution in [-0.4, -0.2) is 6.61 Å². The van der Waals surface area contributed by atoms with Gasteiger partial charge < -0.3 is 4.74 Å². The molecular formula is C17H24O. The highest BCUT2D eigenvalue weighted by Gasteiger charge is 1.92. The fourth-order valence-electron chi connectivity index (χ4n) is 1.61. The van der Waals surface area contributed by atoms with Crippen molar-refractivity contribution in [1.82, 2.24) is 0 Å². The zero-order valence-corrected chi connectivity index (χ0v) is 12.0. The lowest BCUT2D eigenvalue weighted by Gasteiger charge is -2.04. The molecule has 98 valence electrons. The van der Waals surface area contributed by atoms with E-state index in [2.05, 4.69) is 52.0 Å². The van der Waals surface area contributed by atoms with Crippen molar-refractivity contribution in [2.75, 3.05) is 6.61 Å². The van der Waals surface area contributed by atoms with Crippen LogP contribution >= 0.6 is 0 Å². The number of hydrogen-bond donors (Lipinski definition) is 0. The van der Waals surface area contributed by atoms with Crippen molar-refractivity contribution < 1.29 is 4.74 Å². The van der Waals surface area contributed by atoms with E-state index in [1.807, 2.05) is 12.1 Å². The molecule has 1 aromatic rings. The molecule has 0 unspecified atom stereocenters. The number of benzene rings is 1. The normalized spacial score (nSPS) is 11.2. The van der Waals surface area contributed by atoms with Gasteiger partial charge in [-0.25, -0.2) is 0 Å². The van der Waals surface area contributed by atoms with Gasteiger partial charge in [0, 0.05) is 0 Å². The van der Waals surface area contributed by atoms with Gasteiger partial charge in [0.05, 0.1) is 0 Å². The summed E-state index contributed by atoms with van der Waals surface area (Å²) in [4.78, 5) is 0. The summed E-state index contributed by atoms with van der Waals surface area (Å²) in [5.74, 6) is 0.939. The van der Waals surface area contributed by atoms with Gasteiger partial charge in [0.1, 0.15) is 12.4 Å². The lowest BCUT2D eigenvalue weighted by atomic mass is 10.1. The average Bonchev–Trinajstić information content (AvgIpc) is 2.31. The van der Waals surface area contributed by atoms with Gasteiger partial charge in [-0.1, -0.05) is 34.9 Å². The molecule has 0 aliphatic heterocycles. The fourth-order valence-corrected chi connectivity index (χ4v) is 1.61. The molecule has 1 aromatic carbocycles. The molecule has 0 fully saturated rings. The van der Waals surface area contributed by atoms with E-state index < -0.39 is 0 Å². The second-order valence-corrected chi connectivity index (χ2v) is 4.99. The monoisotopic (exact) mass is 244 g/mol. The molecule has 0 saturated carbocycles. The molecule has 0 spiro atoms. The van der Waals surface area contributed by atoms with Gasteiger partial charge in [-0.2, -0.15) is 0 Å². The first-order valence-corrected chi connectivity index (χ1v) is 6.56. The average molecular weight is 244 g/mol. The summed E-state index contributed by atoms with van der Waals surface area (Å²) in [6.07, 6.45) is 6.68. The topological polar surface area (TPSA) is 9.23 Å². The molecule has 0 bridgehead atoms. The third-order valence-corrected chi connectivity index (χ3v) is 2.79. The van der Waals surface area contributed by atoms with Gasteiger partial charge in [-0.3, -0.25) is 0 Å². The predicted molar refractivity (Wildman–Crippen MR) is 79.1 cm³/mol. The maximum atomic E-state index is 5.67. The van der Waals surface area contributed by atoms with Crippen LogP contribution in [0.1, 0.15) is 39.2 Å². The van der Waals surface area contributed by atoms with Gasteiger partial charge >= 0.3 is 0 Å². The van der Waals surface area contributed by atoms with Crippen LogP contribution in [0, 0.1) is 6.92 Å². The van der Waals surface area contributed by atoms with E-state index in [0.29, 0.717) is 6.61 Å². The quantitative estimate of drug-likeness (QED) is 0.635. The Hall–Kier alpha value is -1.50. The first-order valence-electron chi connectivity index (χ1n) is 6.56. The van der Waals surface area contributed by atoms with Gasteiger partial charge in [-0.05, 0) is 58.7 Å². The molecule has 1 heteroatoms. The largest absolute Gasteiger partial charge is 0.490 e. The minimum Gasteiger partial charge on any atom is -0.490 e. The number of ether oxygens (including phenoxy) is 1. The Morgan fingerprint density at radius 2 is 1.72 bits per heavy atom. The van der Waals surface area contributed by atoms with Gasteiger partial charge in [0.2, 0.25) is 0 Å². The first-order chi connectivity index (χ1) is 8.58. The molecule has 0 amide bonds. The van der Waals surface area contributed by atoms with Gasteiger partial charge in [0.25, 0.3) is 0 Å². The molecule has 0 aliphatic carbocycles. The molecule has 1 rings (SSSR count). The van der Waals surface area contributed by atoms with Crippen LogP contribution in [0.3, 0.4) is 0 Å². The zero-order valence-electron chi connectivity index (χ0n) is 12.0. The molecule has 18 heavy (non-hydrogen) atoms. The molecule has 0 aliphatic rings. The van der Waals surface area contributed by atoms with E-state index in [1.54, 1.807) is 0 Å². The van der Waals surface area contributed by atoms with E-state index in [0.717, 1.165) is 18.6 Å². The molecule has 1 nitrogen and oxygen atoms in total. The Morgan fingerprint density at radius 1 is 1.06 bits per heavy atom. The number of hydrogen-bond acceptors (Lipinski definition) is 1. The van der Waals surface area contributed by atoms with Gasteiger partial charge in [-0.15, -0.1) is 0 Å². The van der Waals surface area contributed by atoms with Crippen LogP contribution in [0.25, 0.3) is 0 Å². The Bertz CT molecular complexity index is 406. The summed E-state index contributed by atoms with van der Waals surface area (Å²) >= 11 is 0. The Balaban J connectivity index is 2.31. The standard InChI is InChI=1S/C17H24O/c1-14(2)6-5-7-15(3)12-13-18-17-10-8-16(4)9-11-17/h6,8-12H,5,7,13H2,1-4H3/b15-12+. The molecule has 0 atom stereocenters. The third-order valence-electron chi connectivity index (χ3n) is 2.79. The summed E-state index contributed by atoms with van der Waals surface area (Å²) < 4.78 is 5.67. The molecule has 0 aromatic heterocycles. The third kappa shape index (κ3) is 6.29. The van der Waals surface area contributed by atoms with Crippen LogP contribution < -0.4 is 4.74 Å². The predicted octanol–water partition coefficient (Wildman–Crippen LogP) is 5.07. The van der Waals surface area contributed by atoms with Crippen molar-refractivity contribution in [3.63, 3.8) is 0 Å². The maximum absolute atomic E-state index is 5.67. The molecule has 0 saturated heterocycles. The van der Waals surface area contributed by atoms with Crippen molar-refractivity contribution >= 4 is 0 Å². The summed E-state index contributed by atoms with van der Waals surface area (Å²) in [6, 6.07) is 8.17. The summed E-state index contributed by atoms with van der Waals surface area (Å²) in [7, 11) is 0. The van der Waals surface area contributed by atoms with Crippen LogP contribution in [0.4, 0.5) is 0 Å². The van der Waals surface area contributed by atoms with Crippen LogP contribution in [-0.2, 0) is 0 Å². The number of allylic oxidation sites excluding steroid dienone is 3. The Morgan fingerprint density at radius 3 is 2.33 bits per heavy atom. The lowest BCUT2D eigenvalue weighted by molar-refractivity contribution is 0.361. The fraction of sp³-hybridized carbons (Fsp3) is 0.412. The van der Waals surface area contributed by atoms with Gasteiger partial charge in [0.15, 0.2) is 0 Å². The van der Waals surface area contributed by atoms with E-state index in [1.165, 1.54) is 16.7 Å². The van der Waals surface area contributed by atoms with Crippen LogP contribution in [0.5, 0.6) is 5.75 Å². The zero-order chi connectivity index (χ0) is 13.4. The van der Waals surface area contributed by atoms with Crippen molar-refractivity contribution in [3.05, 3.63) is 53.1 Å². The minimum atomic E-state index is 0.656. The Kier molecular flexibility index (Phi) is 6.27. The lowest BCUT2D eigenvalue weighted by Crippen LogP contribution is -1.94. The Labute approximate surface area is 111 Å². The minimum absolute atomic E-state index is 0.656. The van der Waals surface area contributed by atoms with Crippen molar-refractivity contribution in [2.45, 2.75) is 40.5 Å². The van der Waals surface area contributed by atoms with Crippen molar-refractivity contribution in [3.8, 4) is 5.75 Å². The number of aryl methyl sites for hydroxylation is 1. The second-order valence-electron chi connectivity index (χ2n) is 4.99. The smallest absolute Gasteiger partial charge is 0.119 e. The van der Waals surface area contributed by atoms with Crippen molar-refractivity contribution in [1.29, 1.82) is 0 Å². The molecule has 0 radical (unpaired) electrons. The van der Waals surface area contributed by atoms with E-state index in [-0.39, 0.29) is 0 Å². The molecule has 0 heterocycles. The number of rotatable bonds is 6. The van der Waals surface area contributed by atoms with E-state index >= 15 is 0 Å². The maximum Gasteiger partial charge on any atom is 0.119 e. The highest BCUT2D eigenvalue weighted by atomic mass is 16.5. The summed E-state index contributed by atoms with van der Waals surface area (Å²) in [6.45, 7) is 9.18. The second kappa shape index (κ2) is 7.75. The highest BCUT2D eigenvalue weighted by Crippen LogP contribution is 2.12. The molecule has 0 N–H and O–H groups in total. The van der Waals surface area contributed by atoms with Crippen LogP contribution in [0.15, 0.2) is 47.6 Å². The van der Waals surface area contributed by atoms with E-state index in [9.17, 15) is 0 Å². The summed E-state index contributed by atoms with van der Waals surface area (Å²) in [5.41, 5.74) is 4.04.